The molecule has 0 spiro atoms. The molecule has 0 aliphatic rings. The fraction of sp³-hybridized carbons (Fsp3) is 0.167. The third-order valence-electron chi connectivity index (χ3n) is 2.55. The smallest absolute Gasteiger partial charge is 0.239 e. The van der Waals surface area contributed by atoms with E-state index in [1.165, 1.54) is 12.1 Å². The van der Waals surface area contributed by atoms with Crippen molar-refractivity contribution in [2.24, 2.45) is 5.84 Å². The van der Waals surface area contributed by atoms with Crippen molar-refractivity contribution < 1.29 is 8.78 Å². The Morgan fingerprint density at radius 1 is 1.26 bits per heavy atom. The molecular weight excluding hydrogens is 252 g/mol. The van der Waals surface area contributed by atoms with E-state index in [1.54, 1.807) is 24.1 Å². The van der Waals surface area contributed by atoms with Crippen LogP contribution in [0.5, 0.6) is 0 Å². The fourth-order valence-electron chi connectivity index (χ4n) is 1.63. The molecular formula is C12H13F2N5. The van der Waals surface area contributed by atoms with Gasteiger partial charge in [-0.3, -0.25) is 5.43 Å². The lowest BCUT2D eigenvalue weighted by atomic mass is 10.2. The van der Waals surface area contributed by atoms with Gasteiger partial charge < -0.3 is 4.90 Å². The summed E-state index contributed by atoms with van der Waals surface area (Å²) in [6, 6.07) is 5.97. The zero-order valence-corrected chi connectivity index (χ0v) is 10.3. The molecule has 5 nitrogen and oxygen atoms in total. The summed E-state index contributed by atoms with van der Waals surface area (Å²) >= 11 is 0. The van der Waals surface area contributed by atoms with Crippen molar-refractivity contribution in [1.82, 2.24) is 9.97 Å². The van der Waals surface area contributed by atoms with Crippen LogP contribution in [-0.4, -0.2) is 17.0 Å². The normalized spacial score (nSPS) is 10.3. The maximum Gasteiger partial charge on any atom is 0.239 e. The molecule has 3 N–H and O–H groups in total. The topological polar surface area (TPSA) is 67.1 Å². The molecule has 0 unspecified atom stereocenters. The van der Waals surface area contributed by atoms with E-state index in [4.69, 9.17) is 5.84 Å². The Bertz CT molecular complexity index is 559. The van der Waals surface area contributed by atoms with Crippen LogP contribution in [-0.2, 0) is 6.54 Å². The van der Waals surface area contributed by atoms with Gasteiger partial charge in [0.2, 0.25) is 5.95 Å². The summed E-state index contributed by atoms with van der Waals surface area (Å²) < 4.78 is 26.4. The first-order valence-electron chi connectivity index (χ1n) is 5.55. The summed E-state index contributed by atoms with van der Waals surface area (Å²) in [5.41, 5.74) is 3.09. The summed E-state index contributed by atoms with van der Waals surface area (Å²) in [5.74, 6) is 4.56. The van der Waals surface area contributed by atoms with E-state index >= 15 is 0 Å². The van der Waals surface area contributed by atoms with E-state index in [2.05, 4.69) is 15.4 Å². The van der Waals surface area contributed by atoms with Gasteiger partial charge in [-0.15, -0.1) is 0 Å². The van der Waals surface area contributed by atoms with Crippen molar-refractivity contribution in [1.29, 1.82) is 0 Å². The molecule has 1 aromatic heterocycles. The number of hydrogen-bond donors (Lipinski definition) is 2. The van der Waals surface area contributed by atoms with E-state index in [-0.39, 0.29) is 17.6 Å². The van der Waals surface area contributed by atoms with Gasteiger partial charge in [-0.25, -0.2) is 19.6 Å². The first-order chi connectivity index (χ1) is 9.10. The first kappa shape index (κ1) is 13.2. The summed E-state index contributed by atoms with van der Waals surface area (Å²) in [7, 11) is 1.68. The molecule has 100 valence electrons. The van der Waals surface area contributed by atoms with Crippen LogP contribution in [0.15, 0.2) is 30.5 Å². The number of nitrogens with zero attached hydrogens (tertiary/aromatic N) is 3. The van der Waals surface area contributed by atoms with E-state index < -0.39 is 5.82 Å². The summed E-state index contributed by atoms with van der Waals surface area (Å²) in [6.45, 7) is 0.387. The Balaban J connectivity index is 2.19. The monoisotopic (exact) mass is 265 g/mol. The number of halogens is 2. The highest BCUT2D eigenvalue weighted by atomic mass is 19.1. The number of nitrogen functional groups attached to an aromatic ring is 1. The minimum atomic E-state index is -0.552. The van der Waals surface area contributed by atoms with Crippen LogP contribution in [0.3, 0.4) is 0 Å². The molecule has 1 aromatic carbocycles. The number of anilines is 2. The average Bonchev–Trinajstić information content (AvgIpc) is 2.42. The highest BCUT2D eigenvalue weighted by molar-refractivity contribution is 5.43. The van der Waals surface area contributed by atoms with Crippen LogP contribution in [0.25, 0.3) is 0 Å². The van der Waals surface area contributed by atoms with Crippen molar-refractivity contribution in [2.45, 2.75) is 6.54 Å². The highest BCUT2D eigenvalue weighted by Gasteiger charge is 2.11. The second-order valence-corrected chi connectivity index (χ2v) is 3.99. The van der Waals surface area contributed by atoms with Crippen LogP contribution >= 0.6 is 0 Å². The minimum Gasteiger partial charge on any atom is -0.353 e. The Kier molecular flexibility index (Phi) is 3.86. The molecule has 0 fully saturated rings. The molecule has 0 aliphatic heterocycles. The van der Waals surface area contributed by atoms with E-state index in [0.717, 1.165) is 11.8 Å². The van der Waals surface area contributed by atoms with Gasteiger partial charge in [0.15, 0.2) is 11.6 Å². The average molecular weight is 265 g/mol. The molecule has 0 aliphatic carbocycles. The molecule has 1 heterocycles. The summed E-state index contributed by atoms with van der Waals surface area (Å²) in [6.07, 6.45) is 1.04. The number of hydrogen-bond acceptors (Lipinski definition) is 5. The van der Waals surface area contributed by atoms with Crippen molar-refractivity contribution in [3.05, 3.63) is 47.7 Å². The Morgan fingerprint density at radius 2 is 1.95 bits per heavy atom. The fourth-order valence-corrected chi connectivity index (χ4v) is 1.63. The largest absolute Gasteiger partial charge is 0.353 e. The predicted octanol–water partition coefficient (Wildman–Crippen LogP) is 1.68. The number of benzene rings is 1. The molecule has 0 saturated carbocycles. The van der Waals surface area contributed by atoms with Gasteiger partial charge in [-0.1, -0.05) is 12.1 Å². The second-order valence-electron chi connectivity index (χ2n) is 3.99. The Hall–Kier alpha value is -2.28. The molecule has 0 amide bonds. The predicted molar refractivity (Wildman–Crippen MR) is 68.3 cm³/mol. The van der Waals surface area contributed by atoms with E-state index in [9.17, 15) is 8.78 Å². The van der Waals surface area contributed by atoms with Gasteiger partial charge in [0, 0.05) is 13.6 Å². The van der Waals surface area contributed by atoms with Crippen molar-refractivity contribution in [3.63, 3.8) is 0 Å². The van der Waals surface area contributed by atoms with Gasteiger partial charge in [0.05, 0.1) is 6.20 Å². The lowest BCUT2D eigenvalue weighted by Crippen LogP contribution is -2.21. The molecule has 2 rings (SSSR count). The van der Waals surface area contributed by atoms with Crippen molar-refractivity contribution in [2.75, 3.05) is 17.4 Å². The van der Waals surface area contributed by atoms with Gasteiger partial charge in [0.1, 0.15) is 5.82 Å². The van der Waals surface area contributed by atoms with Crippen LogP contribution < -0.4 is 16.2 Å². The van der Waals surface area contributed by atoms with E-state index in [1.807, 2.05) is 0 Å². The third-order valence-corrected chi connectivity index (χ3v) is 2.55. The number of hydrazine groups is 1. The van der Waals surface area contributed by atoms with Crippen LogP contribution in [0.1, 0.15) is 5.56 Å². The van der Waals surface area contributed by atoms with Crippen molar-refractivity contribution in [3.8, 4) is 0 Å². The van der Waals surface area contributed by atoms with Crippen LogP contribution in [0.2, 0.25) is 0 Å². The quantitative estimate of drug-likeness (QED) is 0.650. The standard InChI is InChI=1S/C12H13F2N5/c1-19(7-8-2-4-9(13)5-3-8)11-10(14)6-16-12(17-11)18-15/h2-6H,7,15H2,1H3,(H,16,17,18). The first-order valence-corrected chi connectivity index (χ1v) is 5.55. The number of rotatable bonds is 4. The molecule has 7 heteroatoms. The molecule has 19 heavy (non-hydrogen) atoms. The maximum atomic E-state index is 13.6. The maximum absolute atomic E-state index is 13.6. The van der Waals surface area contributed by atoms with Crippen LogP contribution in [0.4, 0.5) is 20.5 Å². The molecule has 0 radical (unpaired) electrons. The van der Waals surface area contributed by atoms with Gasteiger partial charge >= 0.3 is 0 Å². The summed E-state index contributed by atoms with van der Waals surface area (Å²) in [5, 5.41) is 0. The number of nitrogens with one attached hydrogen (secondary N) is 1. The van der Waals surface area contributed by atoms with E-state index in [0.29, 0.717) is 6.54 Å². The van der Waals surface area contributed by atoms with Crippen LogP contribution in [0, 0.1) is 11.6 Å². The van der Waals surface area contributed by atoms with Gasteiger partial charge in [0.25, 0.3) is 0 Å². The SMILES string of the molecule is CN(Cc1ccc(F)cc1)c1nc(NN)ncc1F. The zero-order chi connectivity index (χ0) is 13.8. The summed E-state index contributed by atoms with van der Waals surface area (Å²) in [4.78, 5) is 9.18. The zero-order valence-electron chi connectivity index (χ0n) is 10.3. The second kappa shape index (κ2) is 5.57. The van der Waals surface area contributed by atoms with Crippen molar-refractivity contribution >= 4 is 11.8 Å². The molecule has 2 aromatic rings. The highest BCUT2D eigenvalue weighted by Crippen LogP contribution is 2.18. The lowest BCUT2D eigenvalue weighted by Gasteiger charge is -2.19. The number of aromatic nitrogens is 2. The lowest BCUT2D eigenvalue weighted by molar-refractivity contribution is 0.607. The number of nitrogens with two attached hydrogens (primary N) is 1. The molecule has 0 atom stereocenters. The Labute approximate surface area is 109 Å². The Morgan fingerprint density at radius 3 is 2.58 bits per heavy atom. The molecule has 0 saturated heterocycles. The van der Waals surface area contributed by atoms with Gasteiger partial charge in [-0.2, -0.15) is 4.98 Å². The van der Waals surface area contributed by atoms with Gasteiger partial charge in [-0.05, 0) is 17.7 Å². The third kappa shape index (κ3) is 3.14. The molecule has 0 bridgehead atoms. The minimum absolute atomic E-state index is 0.118.